The highest BCUT2D eigenvalue weighted by Crippen LogP contribution is 2.48. The van der Waals surface area contributed by atoms with E-state index < -0.39 is 9.84 Å². The first-order valence-electron chi connectivity index (χ1n) is 5.24. The van der Waals surface area contributed by atoms with Crippen LogP contribution in [0.5, 0.6) is 0 Å². The Morgan fingerprint density at radius 1 is 1.15 bits per heavy atom. The van der Waals surface area contributed by atoms with Crippen LogP contribution in [0, 0.1) is 11.8 Å². The average molecular weight is 202 g/mol. The van der Waals surface area contributed by atoms with Gasteiger partial charge >= 0.3 is 0 Å². The van der Waals surface area contributed by atoms with Crippen molar-refractivity contribution >= 4 is 9.84 Å². The summed E-state index contributed by atoms with van der Waals surface area (Å²) in [6.45, 7) is 3.61. The van der Waals surface area contributed by atoms with E-state index in [-0.39, 0.29) is 10.5 Å². The molecule has 0 aromatic carbocycles. The van der Waals surface area contributed by atoms with E-state index in [4.69, 9.17) is 0 Å². The maximum atomic E-state index is 11.9. The van der Waals surface area contributed by atoms with Crippen LogP contribution in [-0.4, -0.2) is 18.9 Å². The Bertz CT molecular complexity index is 292. The summed E-state index contributed by atoms with van der Waals surface area (Å²) < 4.78 is 23.8. The van der Waals surface area contributed by atoms with Gasteiger partial charge in [0.15, 0.2) is 9.84 Å². The van der Waals surface area contributed by atoms with E-state index in [1.807, 2.05) is 0 Å². The summed E-state index contributed by atoms with van der Waals surface area (Å²) in [6, 6.07) is 0. The zero-order valence-electron chi connectivity index (χ0n) is 8.36. The molecular weight excluding hydrogens is 184 g/mol. The van der Waals surface area contributed by atoms with Crippen molar-refractivity contribution in [2.75, 3.05) is 0 Å². The Labute approximate surface area is 80.6 Å². The van der Waals surface area contributed by atoms with Crippen LogP contribution in [0.1, 0.15) is 39.5 Å². The predicted molar refractivity (Wildman–Crippen MR) is 53.3 cm³/mol. The average Bonchev–Trinajstić information content (AvgIpc) is 2.63. The van der Waals surface area contributed by atoms with Crippen molar-refractivity contribution in [3.63, 3.8) is 0 Å². The van der Waals surface area contributed by atoms with Crippen molar-refractivity contribution < 1.29 is 8.42 Å². The summed E-state index contributed by atoms with van der Waals surface area (Å²) in [5.41, 5.74) is 0. The minimum atomic E-state index is -2.81. The molecule has 3 atom stereocenters. The maximum absolute atomic E-state index is 11.9. The second-order valence-corrected chi connectivity index (χ2v) is 7.58. The molecule has 2 saturated carbocycles. The Morgan fingerprint density at radius 3 is 2.23 bits per heavy atom. The molecule has 0 radical (unpaired) electrons. The molecule has 76 valence electrons. The number of fused-ring (bicyclic) bond motifs is 2. The normalized spacial score (nSPS) is 38.8. The third-order valence-corrected chi connectivity index (χ3v) is 6.49. The molecule has 0 spiro atoms. The van der Waals surface area contributed by atoms with Crippen molar-refractivity contribution in [3.8, 4) is 0 Å². The van der Waals surface area contributed by atoms with Gasteiger partial charge in [-0.2, -0.15) is 0 Å². The molecule has 0 aromatic heterocycles. The largest absolute Gasteiger partial charge is 0.228 e. The van der Waals surface area contributed by atoms with Gasteiger partial charge in [0.05, 0.1) is 10.5 Å². The molecule has 2 bridgehead atoms. The molecule has 0 saturated heterocycles. The van der Waals surface area contributed by atoms with Crippen LogP contribution < -0.4 is 0 Å². The molecule has 2 nitrogen and oxygen atoms in total. The van der Waals surface area contributed by atoms with E-state index in [0.717, 1.165) is 18.8 Å². The van der Waals surface area contributed by atoms with Crippen LogP contribution >= 0.6 is 0 Å². The zero-order chi connectivity index (χ0) is 9.64. The summed E-state index contributed by atoms with van der Waals surface area (Å²) in [5, 5.41) is -0.178. The molecule has 0 N–H and O–H groups in total. The minimum Gasteiger partial charge on any atom is -0.228 e. The van der Waals surface area contributed by atoms with E-state index in [9.17, 15) is 8.42 Å². The molecule has 0 heterocycles. The number of hydrogen-bond acceptors (Lipinski definition) is 2. The van der Waals surface area contributed by atoms with Crippen LogP contribution in [0.3, 0.4) is 0 Å². The third kappa shape index (κ3) is 1.41. The van der Waals surface area contributed by atoms with Crippen LogP contribution in [0.2, 0.25) is 0 Å². The van der Waals surface area contributed by atoms with E-state index in [2.05, 4.69) is 0 Å². The molecule has 0 aliphatic heterocycles. The van der Waals surface area contributed by atoms with Crippen molar-refractivity contribution in [1.29, 1.82) is 0 Å². The maximum Gasteiger partial charge on any atom is 0.155 e. The lowest BCUT2D eigenvalue weighted by atomic mass is 10.0. The fraction of sp³-hybridized carbons (Fsp3) is 1.00. The van der Waals surface area contributed by atoms with Crippen molar-refractivity contribution in [3.05, 3.63) is 0 Å². The van der Waals surface area contributed by atoms with Gasteiger partial charge in [-0.3, -0.25) is 0 Å². The molecule has 2 aliphatic rings. The van der Waals surface area contributed by atoms with E-state index in [1.165, 1.54) is 12.8 Å². The minimum absolute atomic E-state index is 0.00579. The van der Waals surface area contributed by atoms with Gasteiger partial charge in [0, 0.05) is 0 Å². The van der Waals surface area contributed by atoms with Crippen LogP contribution in [-0.2, 0) is 9.84 Å². The summed E-state index contributed by atoms with van der Waals surface area (Å²) in [5.74, 6) is 1.22. The second-order valence-electron chi connectivity index (χ2n) is 4.85. The van der Waals surface area contributed by atoms with E-state index >= 15 is 0 Å². The summed E-state index contributed by atoms with van der Waals surface area (Å²) in [6.07, 6.45) is 4.55. The van der Waals surface area contributed by atoms with Crippen LogP contribution in [0.15, 0.2) is 0 Å². The first-order chi connectivity index (χ1) is 6.01. The molecule has 2 aliphatic carbocycles. The quantitative estimate of drug-likeness (QED) is 0.686. The first kappa shape index (κ1) is 9.50. The third-order valence-electron chi connectivity index (χ3n) is 3.75. The standard InChI is InChI=1S/C10H18O2S/c1-7(2)13(11,12)10-6-8-3-4-9(10)5-8/h7-10H,3-6H2,1-2H3/t8-,9-,10-/m0/s1. The number of rotatable bonds is 2. The lowest BCUT2D eigenvalue weighted by molar-refractivity contribution is 0.461. The SMILES string of the molecule is CC(C)S(=O)(=O)[C@H]1C[C@H]2CC[C@H]1C2. The van der Waals surface area contributed by atoms with Crippen LogP contribution in [0.25, 0.3) is 0 Å². The zero-order valence-corrected chi connectivity index (χ0v) is 9.18. The second kappa shape index (κ2) is 2.97. The number of sulfone groups is 1. The summed E-state index contributed by atoms with van der Waals surface area (Å²) in [7, 11) is -2.81. The highest BCUT2D eigenvalue weighted by atomic mass is 32.2. The van der Waals surface area contributed by atoms with Crippen molar-refractivity contribution in [2.24, 2.45) is 11.8 Å². The van der Waals surface area contributed by atoms with Gasteiger partial charge in [-0.15, -0.1) is 0 Å². The van der Waals surface area contributed by atoms with Gasteiger partial charge in [-0.1, -0.05) is 6.42 Å². The molecule has 13 heavy (non-hydrogen) atoms. The molecular formula is C10H18O2S. The molecule has 3 heteroatoms. The Morgan fingerprint density at radius 2 is 1.85 bits per heavy atom. The lowest BCUT2D eigenvalue weighted by Gasteiger charge is -2.23. The summed E-state index contributed by atoms with van der Waals surface area (Å²) >= 11 is 0. The fourth-order valence-electron chi connectivity index (χ4n) is 2.94. The number of hydrogen-bond donors (Lipinski definition) is 0. The van der Waals surface area contributed by atoms with Gasteiger partial charge < -0.3 is 0 Å². The molecule has 2 fully saturated rings. The van der Waals surface area contributed by atoms with Gasteiger partial charge in [-0.25, -0.2) is 8.42 Å². The van der Waals surface area contributed by atoms with Gasteiger partial charge in [0.1, 0.15) is 0 Å². The fourth-order valence-corrected chi connectivity index (χ4v) is 4.96. The molecule has 2 rings (SSSR count). The van der Waals surface area contributed by atoms with Gasteiger partial charge in [-0.05, 0) is 44.9 Å². The Kier molecular flexibility index (Phi) is 2.17. The van der Waals surface area contributed by atoms with Crippen molar-refractivity contribution in [1.82, 2.24) is 0 Å². The van der Waals surface area contributed by atoms with E-state index in [0.29, 0.717) is 5.92 Å². The van der Waals surface area contributed by atoms with Gasteiger partial charge in [0.25, 0.3) is 0 Å². The smallest absolute Gasteiger partial charge is 0.155 e. The Hall–Kier alpha value is -0.0500. The van der Waals surface area contributed by atoms with Crippen LogP contribution in [0.4, 0.5) is 0 Å². The first-order valence-corrected chi connectivity index (χ1v) is 6.85. The molecule has 0 aromatic rings. The van der Waals surface area contributed by atoms with Gasteiger partial charge in [0.2, 0.25) is 0 Å². The lowest BCUT2D eigenvalue weighted by Crippen LogP contribution is -2.32. The monoisotopic (exact) mass is 202 g/mol. The molecule has 0 amide bonds. The molecule has 0 unspecified atom stereocenters. The topological polar surface area (TPSA) is 34.1 Å². The highest BCUT2D eigenvalue weighted by molar-refractivity contribution is 7.92. The Balaban J connectivity index is 2.19. The highest BCUT2D eigenvalue weighted by Gasteiger charge is 2.46. The predicted octanol–water partition coefficient (Wildman–Crippen LogP) is 2.00. The van der Waals surface area contributed by atoms with E-state index in [1.54, 1.807) is 13.8 Å². The summed E-state index contributed by atoms with van der Waals surface area (Å²) in [4.78, 5) is 0. The van der Waals surface area contributed by atoms with Crippen molar-refractivity contribution in [2.45, 2.75) is 50.0 Å².